The standard InChI is InChI=1S/C13H17O2.3C4H9.Sn/c1-3-4-5-10-15-11-12-6-8-13(14-2)9-7-12;3*1-3-4-2;/h3-4,6-9H,1,5,10-11H2,2H3;3*1,3-4H2,2H3;/b4-3+;;;;. The molecule has 160 valence electrons. The summed E-state index contributed by atoms with van der Waals surface area (Å²) >= 11 is -1.98. The van der Waals surface area contributed by atoms with Gasteiger partial charge in [0.25, 0.3) is 0 Å². The Balaban J connectivity index is 2.40. The summed E-state index contributed by atoms with van der Waals surface area (Å²) in [6.45, 7) is 8.55. The van der Waals surface area contributed by atoms with Crippen molar-refractivity contribution in [2.45, 2.75) is 90.1 Å². The molecule has 0 aliphatic heterocycles. The van der Waals surface area contributed by atoms with Crippen molar-refractivity contribution in [3.8, 4) is 5.75 Å². The maximum absolute atomic E-state index is 5.85. The molecule has 1 aromatic carbocycles. The average molecular weight is 495 g/mol. The molecule has 0 spiro atoms. The zero-order valence-electron chi connectivity index (χ0n) is 19.0. The predicted octanol–water partition coefficient (Wildman–Crippen LogP) is 8.01. The van der Waals surface area contributed by atoms with Crippen LogP contribution in [0.1, 0.15) is 71.3 Å². The first kappa shape index (κ1) is 25.6. The maximum atomic E-state index is 5.85. The molecule has 0 aliphatic rings. The number of rotatable bonds is 17. The molecule has 0 heterocycles. The third kappa shape index (κ3) is 10.9. The third-order valence-electron chi connectivity index (χ3n) is 5.76. The zero-order valence-corrected chi connectivity index (χ0v) is 21.8. The van der Waals surface area contributed by atoms with Crippen molar-refractivity contribution in [1.29, 1.82) is 0 Å². The van der Waals surface area contributed by atoms with Crippen molar-refractivity contribution in [1.82, 2.24) is 0 Å². The van der Waals surface area contributed by atoms with Gasteiger partial charge in [-0.25, -0.2) is 0 Å². The average Bonchev–Trinajstić information content (AvgIpc) is 2.74. The molecule has 0 amide bonds. The third-order valence-corrected chi connectivity index (χ3v) is 21.0. The van der Waals surface area contributed by atoms with E-state index in [9.17, 15) is 0 Å². The molecule has 0 unspecified atom stereocenters. The predicted molar refractivity (Wildman–Crippen MR) is 126 cm³/mol. The van der Waals surface area contributed by atoms with E-state index in [1.807, 2.05) is 12.1 Å². The van der Waals surface area contributed by atoms with Gasteiger partial charge in [0.1, 0.15) is 0 Å². The van der Waals surface area contributed by atoms with E-state index >= 15 is 0 Å². The number of hydrogen-bond acceptors (Lipinski definition) is 2. The second kappa shape index (κ2) is 16.3. The molecule has 0 aromatic heterocycles. The van der Waals surface area contributed by atoms with Gasteiger partial charge in [0.15, 0.2) is 0 Å². The number of allylic oxidation sites excluding steroid dienone is 1. The Kier molecular flexibility index (Phi) is 14.9. The number of unbranched alkanes of at least 4 members (excludes halogenated alkanes) is 3. The van der Waals surface area contributed by atoms with Crippen LogP contribution in [-0.2, 0) is 11.3 Å². The van der Waals surface area contributed by atoms with Crippen molar-refractivity contribution < 1.29 is 9.47 Å². The Morgan fingerprint density at radius 2 is 1.39 bits per heavy atom. The van der Waals surface area contributed by atoms with E-state index in [1.165, 1.54) is 48.5 Å². The number of ether oxygens (including phenoxy) is 2. The minimum atomic E-state index is -1.98. The van der Waals surface area contributed by atoms with E-state index in [-0.39, 0.29) is 0 Å². The minimum absolute atomic E-state index is 0.685. The summed E-state index contributed by atoms with van der Waals surface area (Å²) in [4.78, 5) is 0. The Morgan fingerprint density at radius 3 is 1.89 bits per heavy atom. The Hall–Kier alpha value is -0.481. The van der Waals surface area contributed by atoms with Crippen LogP contribution in [0.3, 0.4) is 0 Å². The molecule has 0 saturated heterocycles. The van der Waals surface area contributed by atoms with Gasteiger partial charge in [-0.2, -0.15) is 0 Å². The molecule has 0 saturated carbocycles. The number of methoxy groups -OCH3 is 1. The number of benzene rings is 1. The molecular formula is C25H44O2Sn. The Labute approximate surface area is 179 Å². The van der Waals surface area contributed by atoms with Gasteiger partial charge in [-0.1, -0.05) is 0 Å². The summed E-state index contributed by atoms with van der Waals surface area (Å²) in [5, 5.41) is 0. The molecule has 1 aromatic rings. The SMILES string of the molecule is CCC[CH2][Sn]([CH2]/C=C/CCOCc1ccc(OC)cc1)([CH2]CCC)[CH2]CCC. The fraction of sp³-hybridized carbons (Fsp3) is 0.680. The molecule has 0 fully saturated rings. The van der Waals surface area contributed by atoms with Gasteiger partial charge in [-0.05, 0) is 0 Å². The van der Waals surface area contributed by atoms with Crippen molar-refractivity contribution in [3.63, 3.8) is 0 Å². The van der Waals surface area contributed by atoms with E-state index in [1.54, 1.807) is 20.4 Å². The van der Waals surface area contributed by atoms with Crippen LogP contribution in [0.25, 0.3) is 0 Å². The quantitative estimate of drug-likeness (QED) is 0.124. The first-order valence-electron chi connectivity index (χ1n) is 11.6. The monoisotopic (exact) mass is 496 g/mol. The molecule has 0 N–H and O–H groups in total. The summed E-state index contributed by atoms with van der Waals surface area (Å²) in [6, 6.07) is 8.14. The summed E-state index contributed by atoms with van der Waals surface area (Å²) in [5.74, 6) is 0.899. The molecule has 1 rings (SSSR count). The Morgan fingerprint density at radius 1 is 0.821 bits per heavy atom. The molecule has 0 bridgehead atoms. The van der Waals surface area contributed by atoms with Crippen LogP contribution in [0.15, 0.2) is 36.4 Å². The fourth-order valence-corrected chi connectivity index (χ4v) is 19.1. The molecule has 0 atom stereocenters. The molecule has 2 nitrogen and oxygen atoms in total. The van der Waals surface area contributed by atoms with Crippen LogP contribution in [-0.4, -0.2) is 32.1 Å². The van der Waals surface area contributed by atoms with Crippen molar-refractivity contribution >= 4 is 18.4 Å². The second-order valence-corrected chi connectivity index (χ2v) is 22.2. The topological polar surface area (TPSA) is 18.5 Å². The van der Waals surface area contributed by atoms with E-state index in [0.717, 1.165) is 18.8 Å². The van der Waals surface area contributed by atoms with E-state index in [2.05, 4.69) is 45.1 Å². The van der Waals surface area contributed by atoms with Crippen LogP contribution >= 0.6 is 0 Å². The van der Waals surface area contributed by atoms with Crippen LogP contribution < -0.4 is 4.74 Å². The molecule has 3 heteroatoms. The van der Waals surface area contributed by atoms with Crippen molar-refractivity contribution in [2.75, 3.05) is 13.7 Å². The van der Waals surface area contributed by atoms with Crippen molar-refractivity contribution in [3.05, 3.63) is 42.0 Å². The molecular weight excluding hydrogens is 451 g/mol. The summed E-state index contributed by atoms with van der Waals surface area (Å²) in [6.07, 6.45) is 14.4. The van der Waals surface area contributed by atoms with Crippen LogP contribution in [0.2, 0.25) is 17.7 Å². The molecule has 28 heavy (non-hydrogen) atoms. The Bertz CT molecular complexity index is 488. The van der Waals surface area contributed by atoms with Crippen LogP contribution in [0, 0.1) is 0 Å². The molecule has 0 radical (unpaired) electrons. The second-order valence-electron chi connectivity index (χ2n) is 8.18. The van der Waals surface area contributed by atoms with E-state index < -0.39 is 18.4 Å². The fourth-order valence-electron chi connectivity index (χ4n) is 3.85. The first-order chi connectivity index (χ1) is 13.7. The van der Waals surface area contributed by atoms with Gasteiger partial charge >= 0.3 is 172 Å². The van der Waals surface area contributed by atoms with E-state index in [4.69, 9.17) is 9.47 Å². The van der Waals surface area contributed by atoms with Crippen LogP contribution in [0.4, 0.5) is 0 Å². The summed E-state index contributed by atoms with van der Waals surface area (Å²) in [5.41, 5.74) is 1.21. The zero-order chi connectivity index (χ0) is 20.5. The van der Waals surface area contributed by atoms with Gasteiger partial charge in [0.05, 0.1) is 7.11 Å². The van der Waals surface area contributed by atoms with E-state index in [0.29, 0.717) is 6.61 Å². The van der Waals surface area contributed by atoms with Gasteiger partial charge in [0.2, 0.25) is 0 Å². The van der Waals surface area contributed by atoms with Gasteiger partial charge in [0, 0.05) is 0 Å². The van der Waals surface area contributed by atoms with Crippen molar-refractivity contribution in [2.24, 2.45) is 0 Å². The first-order valence-corrected chi connectivity index (χ1v) is 19.6. The number of hydrogen-bond donors (Lipinski definition) is 0. The van der Waals surface area contributed by atoms with Gasteiger partial charge in [-0.15, -0.1) is 0 Å². The normalized spacial score (nSPS) is 12.0. The van der Waals surface area contributed by atoms with Crippen LogP contribution in [0.5, 0.6) is 5.75 Å². The van der Waals surface area contributed by atoms with Gasteiger partial charge in [-0.3, -0.25) is 0 Å². The summed E-state index contributed by atoms with van der Waals surface area (Å²) < 4.78 is 17.3. The molecule has 0 aliphatic carbocycles. The summed E-state index contributed by atoms with van der Waals surface area (Å²) in [7, 11) is 1.70. The van der Waals surface area contributed by atoms with Gasteiger partial charge < -0.3 is 0 Å².